The molecule has 1 fully saturated rings. The van der Waals surface area contributed by atoms with E-state index in [1.165, 1.54) is 12.1 Å². The predicted octanol–water partition coefficient (Wildman–Crippen LogP) is 1.88. The summed E-state index contributed by atoms with van der Waals surface area (Å²) in [5, 5.41) is 0. The van der Waals surface area contributed by atoms with Gasteiger partial charge in [-0.15, -0.1) is 0 Å². The first-order chi connectivity index (χ1) is 12.9. The van der Waals surface area contributed by atoms with Crippen molar-refractivity contribution in [2.24, 2.45) is 17.1 Å². The van der Waals surface area contributed by atoms with Crippen LogP contribution in [0.15, 0.2) is 41.3 Å². The quantitative estimate of drug-likeness (QED) is 0.559. The molecule has 1 aliphatic carbocycles. The number of amides is 2. The fourth-order valence-corrected chi connectivity index (χ4v) is 4.42. The molecule has 1 heterocycles. The van der Waals surface area contributed by atoms with Crippen molar-refractivity contribution in [2.45, 2.75) is 43.4 Å². The van der Waals surface area contributed by atoms with Gasteiger partial charge in [-0.3, -0.25) is 9.59 Å². The molecule has 0 radical (unpaired) electrons. The van der Waals surface area contributed by atoms with Gasteiger partial charge >= 0.3 is 0 Å². The molecule has 1 saturated carbocycles. The summed E-state index contributed by atoms with van der Waals surface area (Å²) in [5.74, 6) is -1.62. The molecule has 2 bridgehead atoms. The Morgan fingerprint density at radius 2 is 2.00 bits per heavy atom. The van der Waals surface area contributed by atoms with Crippen molar-refractivity contribution in [3.05, 3.63) is 36.4 Å². The third-order valence-corrected chi connectivity index (χ3v) is 6.43. The van der Waals surface area contributed by atoms with E-state index in [1.54, 1.807) is 18.2 Å². The molecule has 3 rings (SSSR count). The van der Waals surface area contributed by atoms with Crippen molar-refractivity contribution in [1.29, 1.82) is 0 Å². The van der Waals surface area contributed by atoms with Gasteiger partial charge < -0.3 is 10.5 Å². The maximum absolute atomic E-state index is 12.6. The standard InChI is InChI=1S/C19H24N2O5S/c20-17(22)19-13-14(19)8-5-3-1-2-4-6-11-26-15-9-7-10-16(12-15)27(24,25)21-18(19)23/h5,7-10,12,14H,1-4,6,11,13H2,(H2,20,22)(H,21,23)/b8-5+/t14-,19-/m1/s1. The van der Waals surface area contributed by atoms with Crippen molar-refractivity contribution in [3.63, 3.8) is 0 Å². The summed E-state index contributed by atoms with van der Waals surface area (Å²) in [4.78, 5) is 24.4. The Labute approximate surface area is 159 Å². The van der Waals surface area contributed by atoms with Crippen molar-refractivity contribution < 1.29 is 22.7 Å². The van der Waals surface area contributed by atoms with Crippen molar-refractivity contribution in [3.8, 4) is 5.75 Å². The van der Waals surface area contributed by atoms with Crippen LogP contribution in [0.1, 0.15) is 38.5 Å². The van der Waals surface area contributed by atoms with Gasteiger partial charge in [-0.1, -0.05) is 31.1 Å². The highest BCUT2D eigenvalue weighted by Crippen LogP contribution is 2.53. The smallest absolute Gasteiger partial charge is 0.264 e. The summed E-state index contributed by atoms with van der Waals surface area (Å²) in [6.45, 7) is 0.499. The second kappa shape index (κ2) is 7.72. The number of nitrogens with two attached hydrogens (primary N) is 1. The van der Waals surface area contributed by atoms with E-state index in [1.807, 2.05) is 10.8 Å². The molecule has 0 unspecified atom stereocenters. The Bertz CT molecular complexity index is 865. The monoisotopic (exact) mass is 392 g/mol. The van der Waals surface area contributed by atoms with Crippen LogP contribution in [0.4, 0.5) is 0 Å². The Morgan fingerprint density at radius 1 is 1.22 bits per heavy atom. The summed E-state index contributed by atoms with van der Waals surface area (Å²) in [7, 11) is -4.13. The number of ether oxygens (including phenoxy) is 1. The van der Waals surface area contributed by atoms with Gasteiger partial charge in [0.05, 0.1) is 11.5 Å². The zero-order valence-corrected chi connectivity index (χ0v) is 15.8. The van der Waals surface area contributed by atoms with E-state index in [-0.39, 0.29) is 17.2 Å². The molecule has 2 amide bonds. The molecule has 1 aliphatic heterocycles. The normalized spacial score (nSPS) is 29.3. The highest BCUT2D eigenvalue weighted by Gasteiger charge is 2.64. The van der Waals surface area contributed by atoms with Crippen LogP contribution in [0.3, 0.4) is 0 Å². The first kappa shape index (κ1) is 19.4. The zero-order valence-electron chi connectivity index (χ0n) is 15.0. The van der Waals surface area contributed by atoms with Crippen LogP contribution in [0.25, 0.3) is 0 Å². The number of hydrogen-bond donors (Lipinski definition) is 2. The van der Waals surface area contributed by atoms with Crippen LogP contribution in [-0.2, 0) is 19.6 Å². The molecule has 2 aliphatic rings. The lowest BCUT2D eigenvalue weighted by Gasteiger charge is -2.14. The van der Waals surface area contributed by atoms with E-state index >= 15 is 0 Å². The number of nitrogens with one attached hydrogen (secondary N) is 1. The molecule has 27 heavy (non-hydrogen) atoms. The molecule has 0 spiro atoms. The summed E-state index contributed by atoms with van der Waals surface area (Å²) < 4.78 is 32.8. The van der Waals surface area contributed by atoms with Gasteiger partial charge in [0.2, 0.25) is 11.8 Å². The fraction of sp³-hybridized carbons (Fsp3) is 0.474. The number of fused-ring (bicyclic) bond motifs is 3. The molecule has 2 atom stereocenters. The lowest BCUT2D eigenvalue weighted by Crippen LogP contribution is -2.44. The van der Waals surface area contributed by atoms with Crippen LogP contribution in [-0.4, -0.2) is 26.8 Å². The second-order valence-corrected chi connectivity index (χ2v) is 8.72. The number of carbonyl (C=O) groups excluding carboxylic acids is 2. The summed E-state index contributed by atoms with van der Waals surface area (Å²) in [5.41, 5.74) is 3.94. The topological polar surface area (TPSA) is 116 Å². The van der Waals surface area contributed by atoms with Gasteiger partial charge in [-0.2, -0.15) is 0 Å². The molecular weight excluding hydrogens is 368 g/mol. The molecule has 1 aromatic carbocycles. The third-order valence-electron chi connectivity index (χ3n) is 5.10. The average molecular weight is 392 g/mol. The minimum absolute atomic E-state index is 0.0926. The first-order valence-electron chi connectivity index (χ1n) is 9.13. The van der Waals surface area contributed by atoms with Crippen LogP contribution >= 0.6 is 0 Å². The Morgan fingerprint density at radius 3 is 2.78 bits per heavy atom. The van der Waals surface area contributed by atoms with Gasteiger partial charge in [0.15, 0.2) is 0 Å². The zero-order chi connectivity index (χ0) is 19.5. The Hall–Kier alpha value is -2.35. The molecule has 0 aromatic heterocycles. The largest absolute Gasteiger partial charge is 0.494 e. The van der Waals surface area contributed by atoms with Gasteiger partial charge in [0, 0.05) is 12.0 Å². The first-order valence-corrected chi connectivity index (χ1v) is 10.6. The Kier molecular flexibility index (Phi) is 5.55. The SMILES string of the molecule is NC(=O)[C@@]12C[C@H]1/C=C/CCCCCCOc1cccc(c1)S(=O)(=O)NC2=O. The van der Waals surface area contributed by atoms with E-state index in [4.69, 9.17) is 10.5 Å². The van der Waals surface area contributed by atoms with Gasteiger partial charge in [0.1, 0.15) is 11.2 Å². The van der Waals surface area contributed by atoms with Gasteiger partial charge in [0.25, 0.3) is 10.0 Å². The van der Waals surface area contributed by atoms with E-state index in [0.29, 0.717) is 12.4 Å². The van der Waals surface area contributed by atoms with Crippen LogP contribution in [0.5, 0.6) is 5.75 Å². The number of primary amides is 1. The van der Waals surface area contributed by atoms with E-state index in [2.05, 4.69) is 0 Å². The minimum atomic E-state index is -4.13. The van der Waals surface area contributed by atoms with Gasteiger partial charge in [-0.05, 0) is 37.8 Å². The lowest BCUT2D eigenvalue weighted by molar-refractivity contribution is -0.134. The molecule has 1 aromatic rings. The fourth-order valence-electron chi connectivity index (χ4n) is 3.35. The molecule has 3 N–H and O–H groups in total. The summed E-state index contributed by atoms with van der Waals surface area (Å²) in [6.07, 6.45) is 8.76. The van der Waals surface area contributed by atoms with Gasteiger partial charge in [-0.25, -0.2) is 13.1 Å². The lowest BCUT2D eigenvalue weighted by atomic mass is 10.0. The average Bonchev–Trinajstić information content (AvgIpc) is 3.35. The van der Waals surface area contributed by atoms with E-state index < -0.39 is 27.3 Å². The maximum Gasteiger partial charge on any atom is 0.264 e. The number of carbonyl (C=O) groups is 2. The van der Waals surface area contributed by atoms with Crippen molar-refractivity contribution >= 4 is 21.8 Å². The molecule has 8 heteroatoms. The van der Waals surface area contributed by atoms with Crippen LogP contribution < -0.4 is 15.2 Å². The highest BCUT2D eigenvalue weighted by molar-refractivity contribution is 7.90. The minimum Gasteiger partial charge on any atom is -0.494 e. The number of sulfonamides is 1. The number of benzene rings is 1. The maximum atomic E-state index is 12.6. The molecule has 7 nitrogen and oxygen atoms in total. The molecule has 146 valence electrons. The Balaban J connectivity index is 1.89. The van der Waals surface area contributed by atoms with E-state index in [9.17, 15) is 18.0 Å². The number of allylic oxidation sites excluding steroid dienone is 2. The summed E-state index contributed by atoms with van der Waals surface area (Å²) in [6, 6.07) is 5.96. The number of rotatable bonds is 1. The van der Waals surface area contributed by atoms with Crippen molar-refractivity contribution in [1.82, 2.24) is 4.72 Å². The van der Waals surface area contributed by atoms with E-state index in [0.717, 1.165) is 32.1 Å². The highest BCUT2D eigenvalue weighted by atomic mass is 32.2. The third kappa shape index (κ3) is 4.16. The summed E-state index contributed by atoms with van der Waals surface area (Å²) >= 11 is 0. The predicted molar refractivity (Wildman–Crippen MR) is 99.2 cm³/mol. The van der Waals surface area contributed by atoms with Crippen molar-refractivity contribution in [2.75, 3.05) is 6.61 Å². The molecule has 0 saturated heterocycles. The molecular formula is C19H24N2O5S. The number of hydrogen-bond acceptors (Lipinski definition) is 5. The van der Waals surface area contributed by atoms with Crippen LogP contribution in [0.2, 0.25) is 0 Å². The second-order valence-electron chi connectivity index (χ2n) is 7.04. The van der Waals surface area contributed by atoms with Crippen LogP contribution in [0, 0.1) is 11.3 Å².